The van der Waals surface area contributed by atoms with Crippen molar-refractivity contribution in [2.24, 2.45) is 0 Å². The third-order valence-corrected chi connectivity index (χ3v) is 3.65. The minimum Gasteiger partial charge on any atom is -0.392 e. The number of rotatable bonds is 6. The topological polar surface area (TPSA) is 35.5 Å². The highest BCUT2D eigenvalue weighted by molar-refractivity contribution is 4.83. The molecule has 0 aromatic rings. The Kier molecular flexibility index (Phi) is 6.32. The molecular formula is C13H28N2O. The van der Waals surface area contributed by atoms with Crippen LogP contribution in [0.15, 0.2) is 0 Å². The van der Waals surface area contributed by atoms with Crippen LogP contribution in [0.4, 0.5) is 0 Å². The van der Waals surface area contributed by atoms with E-state index in [1.54, 1.807) is 0 Å². The molecule has 3 atom stereocenters. The normalized spacial score (nSPS) is 28.3. The van der Waals surface area contributed by atoms with Gasteiger partial charge in [-0.25, -0.2) is 0 Å². The summed E-state index contributed by atoms with van der Waals surface area (Å²) in [5.74, 6) is 0. The lowest BCUT2D eigenvalue weighted by Gasteiger charge is -2.33. The van der Waals surface area contributed by atoms with Crippen molar-refractivity contribution in [3.63, 3.8) is 0 Å². The molecule has 3 heteroatoms. The Morgan fingerprint density at radius 3 is 2.44 bits per heavy atom. The van der Waals surface area contributed by atoms with Gasteiger partial charge < -0.3 is 15.3 Å². The Hall–Kier alpha value is -0.120. The molecule has 16 heavy (non-hydrogen) atoms. The van der Waals surface area contributed by atoms with Crippen LogP contribution < -0.4 is 5.32 Å². The zero-order chi connectivity index (χ0) is 12.0. The number of hydrogen-bond acceptors (Lipinski definition) is 3. The largest absolute Gasteiger partial charge is 0.392 e. The second-order valence-electron chi connectivity index (χ2n) is 5.01. The second-order valence-corrected chi connectivity index (χ2v) is 5.01. The van der Waals surface area contributed by atoms with E-state index in [4.69, 9.17) is 0 Å². The zero-order valence-corrected chi connectivity index (χ0v) is 11.1. The van der Waals surface area contributed by atoms with E-state index in [0.29, 0.717) is 12.1 Å². The Labute approximate surface area is 100 Å². The number of likely N-dealkylation sites (N-methyl/N-ethyl adjacent to an activating group) is 1. The molecule has 0 bridgehead atoms. The van der Waals surface area contributed by atoms with Crippen LogP contribution in [-0.2, 0) is 0 Å². The van der Waals surface area contributed by atoms with E-state index < -0.39 is 0 Å². The van der Waals surface area contributed by atoms with Crippen LogP contribution in [0.1, 0.15) is 46.5 Å². The van der Waals surface area contributed by atoms with E-state index >= 15 is 0 Å². The van der Waals surface area contributed by atoms with Gasteiger partial charge in [0.15, 0.2) is 0 Å². The molecule has 0 aliphatic heterocycles. The average Bonchev–Trinajstić information content (AvgIpc) is 2.29. The van der Waals surface area contributed by atoms with Gasteiger partial charge in [0, 0.05) is 18.6 Å². The number of aliphatic hydroxyl groups excluding tert-OH is 1. The maximum Gasteiger partial charge on any atom is 0.0693 e. The molecule has 1 aliphatic carbocycles. The number of aliphatic hydroxyl groups is 1. The average molecular weight is 228 g/mol. The lowest BCUT2D eigenvalue weighted by Crippen LogP contribution is -2.49. The number of nitrogens with zero attached hydrogens (tertiary/aromatic N) is 1. The van der Waals surface area contributed by atoms with E-state index in [9.17, 15) is 5.11 Å². The molecule has 0 heterocycles. The van der Waals surface area contributed by atoms with Gasteiger partial charge in [0.05, 0.1) is 6.10 Å². The molecule has 0 amide bonds. The first-order valence-electron chi connectivity index (χ1n) is 6.83. The maximum absolute atomic E-state index is 9.89. The first kappa shape index (κ1) is 13.9. The Morgan fingerprint density at radius 1 is 1.25 bits per heavy atom. The summed E-state index contributed by atoms with van der Waals surface area (Å²) in [4.78, 5) is 2.42. The van der Waals surface area contributed by atoms with Gasteiger partial charge in [-0.2, -0.15) is 0 Å². The summed E-state index contributed by atoms with van der Waals surface area (Å²) in [7, 11) is 0. The number of nitrogens with one attached hydrogen (secondary N) is 1. The Balaban J connectivity index is 2.29. The lowest BCUT2D eigenvalue weighted by molar-refractivity contribution is 0.0826. The fourth-order valence-corrected chi connectivity index (χ4v) is 2.59. The molecule has 1 aliphatic rings. The van der Waals surface area contributed by atoms with Crippen molar-refractivity contribution in [2.45, 2.75) is 64.6 Å². The molecule has 0 saturated heterocycles. The molecule has 1 rings (SSSR count). The van der Waals surface area contributed by atoms with Crippen molar-refractivity contribution < 1.29 is 5.11 Å². The predicted octanol–water partition coefficient (Wildman–Crippen LogP) is 1.61. The predicted molar refractivity (Wildman–Crippen MR) is 68.6 cm³/mol. The fraction of sp³-hybridized carbons (Fsp3) is 1.00. The van der Waals surface area contributed by atoms with Gasteiger partial charge >= 0.3 is 0 Å². The first-order chi connectivity index (χ1) is 7.67. The van der Waals surface area contributed by atoms with Gasteiger partial charge in [-0.3, -0.25) is 0 Å². The molecule has 96 valence electrons. The van der Waals surface area contributed by atoms with Crippen LogP contribution in [0.3, 0.4) is 0 Å². The fourth-order valence-electron chi connectivity index (χ4n) is 2.59. The van der Waals surface area contributed by atoms with Crippen molar-refractivity contribution in [1.82, 2.24) is 10.2 Å². The van der Waals surface area contributed by atoms with Crippen LogP contribution >= 0.6 is 0 Å². The van der Waals surface area contributed by atoms with Gasteiger partial charge in [-0.15, -0.1) is 0 Å². The Bertz CT molecular complexity index is 183. The van der Waals surface area contributed by atoms with E-state index in [-0.39, 0.29) is 6.10 Å². The van der Waals surface area contributed by atoms with E-state index in [1.807, 2.05) is 0 Å². The van der Waals surface area contributed by atoms with E-state index in [1.165, 1.54) is 12.8 Å². The summed E-state index contributed by atoms with van der Waals surface area (Å²) >= 11 is 0. The van der Waals surface area contributed by atoms with E-state index in [0.717, 1.165) is 32.5 Å². The quantitative estimate of drug-likeness (QED) is 0.725. The third-order valence-electron chi connectivity index (χ3n) is 3.65. The van der Waals surface area contributed by atoms with E-state index in [2.05, 4.69) is 31.0 Å². The van der Waals surface area contributed by atoms with Crippen LogP contribution in [0.5, 0.6) is 0 Å². The van der Waals surface area contributed by atoms with Crippen molar-refractivity contribution in [3.05, 3.63) is 0 Å². The standard InChI is InChI=1S/C13H28N2O/c1-4-15(5-2)10-11(3)14-12-8-6-7-9-13(12)16/h11-14,16H,4-10H2,1-3H3/t11?,12-,13-/m0/s1. The summed E-state index contributed by atoms with van der Waals surface area (Å²) in [5.41, 5.74) is 0. The van der Waals surface area contributed by atoms with Crippen LogP contribution in [0, 0.1) is 0 Å². The van der Waals surface area contributed by atoms with Gasteiger partial charge in [0.2, 0.25) is 0 Å². The minimum atomic E-state index is -0.132. The molecule has 0 spiro atoms. The first-order valence-corrected chi connectivity index (χ1v) is 6.83. The highest BCUT2D eigenvalue weighted by Crippen LogP contribution is 2.18. The van der Waals surface area contributed by atoms with Gasteiger partial charge in [-0.05, 0) is 32.9 Å². The summed E-state index contributed by atoms with van der Waals surface area (Å²) in [6, 6.07) is 0.789. The summed E-state index contributed by atoms with van der Waals surface area (Å²) < 4.78 is 0. The second kappa shape index (κ2) is 7.25. The summed E-state index contributed by atoms with van der Waals surface area (Å²) in [5, 5.41) is 13.5. The summed E-state index contributed by atoms with van der Waals surface area (Å²) in [6.45, 7) is 9.92. The number of hydrogen-bond donors (Lipinski definition) is 2. The maximum atomic E-state index is 9.89. The molecule has 0 aromatic heterocycles. The van der Waals surface area contributed by atoms with Crippen LogP contribution in [-0.4, -0.2) is 47.8 Å². The monoisotopic (exact) mass is 228 g/mol. The smallest absolute Gasteiger partial charge is 0.0693 e. The molecule has 0 radical (unpaired) electrons. The van der Waals surface area contributed by atoms with Crippen LogP contribution in [0.2, 0.25) is 0 Å². The highest BCUT2D eigenvalue weighted by Gasteiger charge is 2.24. The molecule has 3 nitrogen and oxygen atoms in total. The molecule has 1 unspecified atom stereocenters. The molecule has 1 fully saturated rings. The van der Waals surface area contributed by atoms with Crippen LogP contribution in [0.25, 0.3) is 0 Å². The molecule has 0 aromatic carbocycles. The van der Waals surface area contributed by atoms with Crippen molar-refractivity contribution in [3.8, 4) is 0 Å². The molecule has 2 N–H and O–H groups in total. The van der Waals surface area contributed by atoms with Gasteiger partial charge in [0.25, 0.3) is 0 Å². The highest BCUT2D eigenvalue weighted by atomic mass is 16.3. The summed E-state index contributed by atoms with van der Waals surface area (Å²) in [6.07, 6.45) is 4.41. The molecular weight excluding hydrogens is 200 g/mol. The van der Waals surface area contributed by atoms with Gasteiger partial charge in [0.1, 0.15) is 0 Å². The zero-order valence-electron chi connectivity index (χ0n) is 11.1. The minimum absolute atomic E-state index is 0.132. The SMILES string of the molecule is CCN(CC)CC(C)N[C@H]1CCCC[C@@H]1O. The van der Waals surface area contributed by atoms with Gasteiger partial charge in [-0.1, -0.05) is 26.7 Å². The van der Waals surface area contributed by atoms with Crippen molar-refractivity contribution >= 4 is 0 Å². The third kappa shape index (κ3) is 4.40. The molecule has 1 saturated carbocycles. The lowest BCUT2D eigenvalue weighted by atomic mass is 9.92. The van der Waals surface area contributed by atoms with Crippen molar-refractivity contribution in [1.29, 1.82) is 0 Å². The Morgan fingerprint density at radius 2 is 1.88 bits per heavy atom. The van der Waals surface area contributed by atoms with Crippen molar-refractivity contribution in [2.75, 3.05) is 19.6 Å².